The maximum absolute atomic E-state index is 13.3. The summed E-state index contributed by atoms with van der Waals surface area (Å²) < 4.78 is 30.4. The van der Waals surface area contributed by atoms with E-state index in [1.165, 1.54) is 10.2 Å². The molecule has 1 aliphatic heterocycles. The van der Waals surface area contributed by atoms with Crippen molar-refractivity contribution in [2.45, 2.75) is 23.8 Å². The Hall–Kier alpha value is -2.56. The number of nitrogens with zero attached hydrogens (tertiary/aromatic N) is 6. The van der Waals surface area contributed by atoms with Crippen LogP contribution >= 0.6 is 15.9 Å². The predicted octanol–water partition coefficient (Wildman–Crippen LogP) is 3.56. The Labute approximate surface area is 188 Å². The van der Waals surface area contributed by atoms with E-state index in [9.17, 15) is 8.42 Å². The monoisotopic (exact) mass is 500 g/mol. The molecule has 1 saturated heterocycles. The summed E-state index contributed by atoms with van der Waals surface area (Å²) in [4.78, 5) is 11.4. The number of benzene rings is 1. The molecule has 0 spiro atoms. The van der Waals surface area contributed by atoms with E-state index in [-0.39, 0.29) is 10.5 Å². The molecule has 0 atom stereocenters. The van der Waals surface area contributed by atoms with Crippen LogP contribution in [0.5, 0.6) is 0 Å². The van der Waals surface area contributed by atoms with Crippen molar-refractivity contribution >= 4 is 37.1 Å². The molecule has 5 rings (SSSR count). The minimum Gasteiger partial charge on any atom is -0.306 e. The number of rotatable bonds is 4. The van der Waals surface area contributed by atoms with Gasteiger partial charge in [0.2, 0.25) is 0 Å². The number of fused-ring (bicyclic) bond motifs is 1. The Bertz CT molecular complexity index is 1340. The van der Waals surface area contributed by atoms with Crippen LogP contribution in [0.3, 0.4) is 0 Å². The van der Waals surface area contributed by atoms with Crippen LogP contribution in [0.2, 0.25) is 0 Å². The van der Waals surface area contributed by atoms with Crippen LogP contribution in [0.1, 0.15) is 18.9 Å². The van der Waals surface area contributed by atoms with Gasteiger partial charge in [-0.05, 0) is 61.0 Å². The maximum atomic E-state index is 13.3. The van der Waals surface area contributed by atoms with Crippen molar-refractivity contribution in [3.63, 3.8) is 0 Å². The van der Waals surface area contributed by atoms with Gasteiger partial charge in [-0.2, -0.15) is 5.10 Å². The van der Waals surface area contributed by atoms with Crippen LogP contribution in [0.4, 0.5) is 0 Å². The van der Waals surface area contributed by atoms with Crippen molar-refractivity contribution in [3.05, 3.63) is 59.7 Å². The fourth-order valence-corrected chi connectivity index (χ4v) is 5.59. The molecule has 0 radical (unpaired) electrons. The first-order valence-electron chi connectivity index (χ1n) is 10.0. The van der Waals surface area contributed by atoms with Gasteiger partial charge >= 0.3 is 0 Å². The van der Waals surface area contributed by atoms with E-state index in [1.807, 2.05) is 10.9 Å². The topological polar surface area (TPSA) is 85.9 Å². The lowest BCUT2D eigenvalue weighted by Crippen LogP contribution is -2.31. The first-order valence-corrected chi connectivity index (χ1v) is 12.2. The minimum atomic E-state index is -3.82. The highest BCUT2D eigenvalue weighted by Gasteiger charge is 2.25. The normalized spacial score (nSPS) is 16.2. The Kier molecular flexibility index (Phi) is 5.15. The van der Waals surface area contributed by atoms with Crippen LogP contribution < -0.4 is 0 Å². The van der Waals surface area contributed by atoms with E-state index in [0.29, 0.717) is 21.7 Å². The molecule has 8 nitrogen and oxygen atoms in total. The first kappa shape index (κ1) is 20.3. The molecule has 10 heteroatoms. The van der Waals surface area contributed by atoms with Crippen LogP contribution in [-0.2, 0) is 10.0 Å². The van der Waals surface area contributed by atoms with Crippen LogP contribution in [0.15, 0.2) is 64.6 Å². The van der Waals surface area contributed by atoms with E-state index in [1.54, 1.807) is 42.7 Å². The van der Waals surface area contributed by atoms with Gasteiger partial charge in [-0.3, -0.25) is 4.68 Å². The molecule has 0 bridgehead atoms. The minimum absolute atomic E-state index is 0.199. The lowest BCUT2D eigenvalue weighted by atomic mass is 10.1. The van der Waals surface area contributed by atoms with Gasteiger partial charge in [0.15, 0.2) is 5.65 Å². The van der Waals surface area contributed by atoms with Crippen LogP contribution in [0.25, 0.3) is 22.3 Å². The zero-order chi connectivity index (χ0) is 21.6. The van der Waals surface area contributed by atoms with Gasteiger partial charge in [-0.15, -0.1) is 0 Å². The summed E-state index contributed by atoms with van der Waals surface area (Å²) in [6.07, 6.45) is 8.92. The average molecular weight is 501 g/mol. The summed E-state index contributed by atoms with van der Waals surface area (Å²) in [6.45, 7) is 2.07. The van der Waals surface area contributed by atoms with E-state index in [2.05, 4.69) is 42.9 Å². The second-order valence-corrected chi connectivity index (χ2v) is 10.4. The third kappa shape index (κ3) is 3.68. The van der Waals surface area contributed by atoms with Crippen LogP contribution in [0, 0.1) is 0 Å². The second kappa shape index (κ2) is 7.85. The molecular weight excluding hydrogens is 480 g/mol. The molecule has 0 saturated carbocycles. The summed E-state index contributed by atoms with van der Waals surface area (Å²) in [5, 5.41) is 4.58. The smallest absolute Gasteiger partial charge is 0.269 e. The maximum Gasteiger partial charge on any atom is 0.269 e. The van der Waals surface area contributed by atoms with Crippen LogP contribution in [-0.4, -0.2) is 57.2 Å². The molecule has 0 amide bonds. The molecule has 4 heterocycles. The molecule has 31 heavy (non-hydrogen) atoms. The fourth-order valence-electron chi connectivity index (χ4n) is 3.98. The number of aromatic nitrogens is 5. The summed E-state index contributed by atoms with van der Waals surface area (Å²) in [5.74, 6) is 0. The zero-order valence-corrected chi connectivity index (χ0v) is 19.3. The van der Waals surface area contributed by atoms with Gasteiger partial charge in [-0.25, -0.2) is 22.4 Å². The van der Waals surface area contributed by atoms with Gasteiger partial charge in [-0.1, -0.05) is 18.2 Å². The Morgan fingerprint density at radius 1 is 1.06 bits per heavy atom. The molecule has 1 fully saturated rings. The molecular formula is C21H21BrN6O2S. The second-order valence-electron chi connectivity index (χ2n) is 7.77. The van der Waals surface area contributed by atoms with Crippen molar-refractivity contribution in [1.29, 1.82) is 0 Å². The van der Waals surface area contributed by atoms with Crippen molar-refractivity contribution in [1.82, 2.24) is 28.6 Å². The van der Waals surface area contributed by atoms with Gasteiger partial charge < -0.3 is 4.90 Å². The lowest BCUT2D eigenvalue weighted by molar-refractivity contribution is 0.212. The van der Waals surface area contributed by atoms with Crippen molar-refractivity contribution in [2.75, 3.05) is 20.1 Å². The van der Waals surface area contributed by atoms with E-state index >= 15 is 0 Å². The Morgan fingerprint density at radius 3 is 2.55 bits per heavy atom. The number of piperidine rings is 1. The third-order valence-electron chi connectivity index (χ3n) is 5.71. The highest BCUT2D eigenvalue weighted by Crippen LogP contribution is 2.32. The number of halogens is 1. The van der Waals surface area contributed by atoms with Crippen molar-refractivity contribution in [2.24, 2.45) is 0 Å². The molecule has 0 aliphatic carbocycles. The number of likely N-dealkylation sites (tertiary alicyclic amines) is 1. The zero-order valence-electron chi connectivity index (χ0n) is 16.9. The highest BCUT2D eigenvalue weighted by atomic mass is 79.9. The molecule has 3 aromatic heterocycles. The summed E-state index contributed by atoms with van der Waals surface area (Å²) in [5.41, 5.74) is 2.30. The molecule has 1 aromatic carbocycles. The lowest BCUT2D eigenvalue weighted by Gasteiger charge is -2.28. The molecule has 160 valence electrons. The quantitative estimate of drug-likeness (QED) is 0.425. The molecule has 0 N–H and O–H groups in total. The summed E-state index contributed by atoms with van der Waals surface area (Å²) in [7, 11) is -1.69. The summed E-state index contributed by atoms with van der Waals surface area (Å²) >= 11 is 3.36. The van der Waals surface area contributed by atoms with E-state index in [0.717, 1.165) is 31.5 Å². The molecule has 4 aromatic rings. The Balaban J connectivity index is 1.62. The third-order valence-corrected chi connectivity index (χ3v) is 7.75. The van der Waals surface area contributed by atoms with Gasteiger partial charge in [0, 0.05) is 23.5 Å². The fraction of sp³-hybridized carbons (Fsp3) is 0.286. The summed E-state index contributed by atoms with van der Waals surface area (Å²) in [6, 6.07) is 8.67. The number of hydrogen-bond donors (Lipinski definition) is 0. The highest BCUT2D eigenvalue weighted by molar-refractivity contribution is 9.10. The van der Waals surface area contributed by atoms with Gasteiger partial charge in [0.1, 0.15) is 10.1 Å². The van der Waals surface area contributed by atoms with Gasteiger partial charge in [0.05, 0.1) is 23.3 Å². The average Bonchev–Trinajstić information content (AvgIpc) is 3.40. The predicted molar refractivity (Wildman–Crippen MR) is 121 cm³/mol. The van der Waals surface area contributed by atoms with Crippen molar-refractivity contribution < 1.29 is 8.42 Å². The largest absolute Gasteiger partial charge is 0.306 e. The SMILES string of the molecule is CN1CCC(n2cc(-c3cn(S(=O)(=O)c4ccccc4)c4ncc(Br)nc34)cn2)CC1. The Morgan fingerprint density at radius 2 is 1.81 bits per heavy atom. The molecule has 1 aliphatic rings. The van der Waals surface area contributed by atoms with Crippen molar-refractivity contribution in [3.8, 4) is 11.1 Å². The van der Waals surface area contributed by atoms with E-state index in [4.69, 9.17) is 0 Å². The first-order chi connectivity index (χ1) is 14.9. The molecule has 0 unspecified atom stereocenters. The number of hydrogen-bond acceptors (Lipinski definition) is 6. The van der Waals surface area contributed by atoms with E-state index < -0.39 is 10.0 Å². The van der Waals surface area contributed by atoms with Gasteiger partial charge in [0.25, 0.3) is 10.0 Å². The standard InChI is InChI=1S/C21H21BrN6O2S/c1-26-9-7-16(8-10-26)27-13-15(11-24-27)18-14-28(21-20(18)25-19(22)12-23-21)31(29,30)17-5-3-2-4-6-17/h2-6,11-14,16H,7-10H2,1H3.